The van der Waals surface area contributed by atoms with E-state index in [1.54, 1.807) is 0 Å². The Hall–Kier alpha value is -0.860. The number of hydrogen-bond donors (Lipinski definition) is 1. The van der Waals surface area contributed by atoms with Crippen molar-refractivity contribution in [2.24, 2.45) is 5.41 Å². The lowest BCUT2D eigenvalue weighted by Gasteiger charge is -2.35. The summed E-state index contributed by atoms with van der Waals surface area (Å²) < 4.78 is 0. The number of likely N-dealkylation sites (tertiary alicyclic amines) is 1. The fraction of sp³-hybridized carbons (Fsp3) is 0.667. The number of benzene rings is 1. The van der Waals surface area contributed by atoms with E-state index in [0.29, 0.717) is 0 Å². The molecule has 1 N–H and O–H groups in total. The number of hydrogen-bond acceptors (Lipinski definition) is 2. The predicted molar refractivity (Wildman–Crippen MR) is 82.6 cm³/mol. The van der Waals surface area contributed by atoms with Gasteiger partial charge in [-0.05, 0) is 49.6 Å². The summed E-state index contributed by atoms with van der Waals surface area (Å²) in [5.41, 5.74) is 2.22. The highest BCUT2D eigenvalue weighted by atomic mass is 15.2. The molecule has 4 rings (SSSR count). The molecule has 1 saturated heterocycles. The molecule has 3 aliphatic rings. The Balaban J connectivity index is 1.29. The minimum Gasteiger partial charge on any atom is -0.309 e. The summed E-state index contributed by atoms with van der Waals surface area (Å²) in [5, 5.41) is 3.96. The van der Waals surface area contributed by atoms with Crippen LogP contribution in [0.2, 0.25) is 0 Å². The van der Waals surface area contributed by atoms with E-state index in [-0.39, 0.29) is 0 Å². The molecule has 0 aromatic heterocycles. The fourth-order valence-electron chi connectivity index (χ4n) is 4.23. The summed E-state index contributed by atoms with van der Waals surface area (Å²) in [6.45, 7) is 3.62. The summed E-state index contributed by atoms with van der Waals surface area (Å²) in [6.07, 6.45) is 8.64. The van der Waals surface area contributed by atoms with Crippen LogP contribution in [-0.4, -0.2) is 30.1 Å². The van der Waals surface area contributed by atoms with Gasteiger partial charge in [-0.25, -0.2) is 0 Å². The average Bonchev–Trinajstić information content (AvgIpc) is 3.15. The smallest absolute Gasteiger partial charge is 0.0234 e. The molecule has 0 radical (unpaired) electrons. The van der Waals surface area contributed by atoms with Crippen molar-refractivity contribution in [3.05, 3.63) is 35.9 Å². The Bertz CT molecular complexity index is 452. The molecule has 20 heavy (non-hydrogen) atoms. The van der Waals surface area contributed by atoms with Crippen molar-refractivity contribution >= 4 is 0 Å². The third-order valence-corrected chi connectivity index (χ3v) is 5.73. The number of piperidine rings is 1. The highest BCUT2D eigenvalue weighted by Gasteiger charge is 2.57. The third kappa shape index (κ3) is 2.51. The molecule has 1 aromatic rings. The standard InChI is InChI=1S/C18H26N2/c1-2-6-15(7-3-1)13-20-11-4-8-16(14-20)19-17-12-18(17)9-5-10-18/h1-3,6-7,16-17,19H,4-5,8-14H2. The van der Waals surface area contributed by atoms with Crippen molar-refractivity contribution in [1.29, 1.82) is 0 Å². The largest absolute Gasteiger partial charge is 0.309 e. The molecule has 1 aliphatic heterocycles. The van der Waals surface area contributed by atoms with E-state index in [9.17, 15) is 0 Å². The number of nitrogens with zero attached hydrogens (tertiary/aromatic N) is 1. The Kier molecular flexibility index (Phi) is 3.31. The molecule has 2 atom stereocenters. The third-order valence-electron chi connectivity index (χ3n) is 5.73. The van der Waals surface area contributed by atoms with E-state index in [2.05, 4.69) is 40.5 Å². The van der Waals surface area contributed by atoms with Crippen LogP contribution in [0.1, 0.15) is 44.1 Å². The quantitative estimate of drug-likeness (QED) is 0.904. The van der Waals surface area contributed by atoms with Crippen LogP contribution in [-0.2, 0) is 6.54 Å². The summed E-state index contributed by atoms with van der Waals surface area (Å²) >= 11 is 0. The monoisotopic (exact) mass is 270 g/mol. The molecule has 0 bridgehead atoms. The lowest BCUT2D eigenvalue weighted by atomic mass is 9.81. The fourth-order valence-corrected chi connectivity index (χ4v) is 4.23. The van der Waals surface area contributed by atoms with Gasteiger partial charge in [0.05, 0.1) is 0 Å². The minimum atomic E-state index is 0.734. The minimum absolute atomic E-state index is 0.734. The van der Waals surface area contributed by atoms with Gasteiger partial charge in [-0.3, -0.25) is 4.90 Å². The first kappa shape index (κ1) is 12.8. The van der Waals surface area contributed by atoms with Crippen molar-refractivity contribution in [2.75, 3.05) is 13.1 Å². The van der Waals surface area contributed by atoms with Crippen molar-refractivity contribution in [3.63, 3.8) is 0 Å². The average molecular weight is 270 g/mol. The van der Waals surface area contributed by atoms with Crippen LogP contribution in [0.3, 0.4) is 0 Å². The van der Waals surface area contributed by atoms with Crippen molar-refractivity contribution in [3.8, 4) is 0 Å². The number of rotatable bonds is 4. The number of nitrogens with one attached hydrogen (secondary N) is 1. The lowest BCUT2D eigenvalue weighted by molar-refractivity contribution is 0.172. The molecule has 2 heteroatoms. The van der Waals surface area contributed by atoms with Crippen LogP contribution >= 0.6 is 0 Å². The van der Waals surface area contributed by atoms with E-state index in [1.165, 1.54) is 57.2 Å². The van der Waals surface area contributed by atoms with E-state index >= 15 is 0 Å². The van der Waals surface area contributed by atoms with Crippen LogP contribution in [0.4, 0.5) is 0 Å². The molecule has 0 amide bonds. The van der Waals surface area contributed by atoms with Gasteiger partial charge in [0.15, 0.2) is 0 Å². The van der Waals surface area contributed by atoms with E-state index in [4.69, 9.17) is 0 Å². The first-order chi connectivity index (χ1) is 9.84. The SMILES string of the molecule is c1ccc(CN2CCCC(NC3CC34CCC4)C2)cc1. The topological polar surface area (TPSA) is 15.3 Å². The van der Waals surface area contributed by atoms with Gasteiger partial charge in [0.1, 0.15) is 0 Å². The Morgan fingerprint density at radius 3 is 2.70 bits per heavy atom. The molecule has 2 saturated carbocycles. The first-order valence-corrected chi connectivity index (χ1v) is 8.36. The second-order valence-electron chi connectivity index (χ2n) is 7.20. The van der Waals surface area contributed by atoms with Crippen molar-refractivity contribution in [1.82, 2.24) is 10.2 Å². The van der Waals surface area contributed by atoms with Crippen LogP contribution in [0.25, 0.3) is 0 Å². The molecule has 1 heterocycles. The molecular formula is C18H26N2. The maximum absolute atomic E-state index is 3.96. The van der Waals surface area contributed by atoms with Crippen LogP contribution in [0.15, 0.2) is 30.3 Å². The van der Waals surface area contributed by atoms with Crippen molar-refractivity contribution in [2.45, 2.75) is 57.2 Å². The molecule has 3 fully saturated rings. The summed E-state index contributed by atoms with van der Waals surface area (Å²) in [7, 11) is 0. The molecule has 2 nitrogen and oxygen atoms in total. The van der Waals surface area contributed by atoms with Gasteiger partial charge >= 0.3 is 0 Å². The molecule has 1 spiro atoms. The van der Waals surface area contributed by atoms with Gasteiger partial charge < -0.3 is 5.32 Å². The maximum Gasteiger partial charge on any atom is 0.0234 e. The van der Waals surface area contributed by atoms with Gasteiger partial charge in [0.25, 0.3) is 0 Å². The van der Waals surface area contributed by atoms with Gasteiger partial charge in [-0.2, -0.15) is 0 Å². The molecule has 2 unspecified atom stereocenters. The molecule has 2 aliphatic carbocycles. The second kappa shape index (κ2) is 5.16. The first-order valence-electron chi connectivity index (χ1n) is 8.36. The predicted octanol–water partition coefficient (Wildman–Crippen LogP) is 3.18. The zero-order chi connectivity index (χ0) is 13.4. The Labute approximate surface area is 122 Å². The van der Waals surface area contributed by atoms with Gasteiger partial charge in [0.2, 0.25) is 0 Å². The highest BCUT2D eigenvalue weighted by Crippen LogP contribution is 2.60. The zero-order valence-electron chi connectivity index (χ0n) is 12.4. The zero-order valence-corrected chi connectivity index (χ0v) is 12.4. The molecule has 108 valence electrons. The molecular weight excluding hydrogens is 244 g/mol. The summed E-state index contributed by atoms with van der Waals surface area (Å²) in [6, 6.07) is 12.5. The summed E-state index contributed by atoms with van der Waals surface area (Å²) in [5.74, 6) is 0. The highest BCUT2D eigenvalue weighted by molar-refractivity contribution is 5.15. The van der Waals surface area contributed by atoms with Gasteiger partial charge in [-0.1, -0.05) is 36.8 Å². The van der Waals surface area contributed by atoms with Crippen LogP contribution in [0.5, 0.6) is 0 Å². The second-order valence-corrected chi connectivity index (χ2v) is 7.20. The van der Waals surface area contributed by atoms with Crippen molar-refractivity contribution < 1.29 is 0 Å². The van der Waals surface area contributed by atoms with E-state index < -0.39 is 0 Å². The molecule has 1 aromatic carbocycles. The van der Waals surface area contributed by atoms with Gasteiger partial charge in [-0.15, -0.1) is 0 Å². The lowest BCUT2D eigenvalue weighted by Crippen LogP contribution is -2.47. The van der Waals surface area contributed by atoms with Crippen LogP contribution in [0, 0.1) is 5.41 Å². The normalized spacial score (nSPS) is 32.0. The van der Waals surface area contributed by atoms with Crippen LogP contribution < -0.4 is 5.32 Å². The maximum atomic E-state index is 3.96. The van der Waals surface area contributed by atoms with E-state index in [0.717, 1.165) is 24.0 Å². The van der Waals surface area contributed by atoms with E-state index in [1.807, 2.05) is 0 Å². The van der Waals surface area contributed by atoms with Gasteiger partial charge in [0, 0.05) is 25.2 Å². The Morgan fingerprint density at radius 2 is 2.00 bits per heavy atom. The summed E-state index contributed by atoms with van der Waals surface area (Å²) in [4.78, 5) is 2.63. The Morgan fingerprint density at radius 1 is 1.15 bits per heavy atom.